The number of fused-ring (bicyclic) bond motifs is 1. The van der Waals surface area contributed by atoms with E-state index < -0.39 is 17.4 Å². The molecule has 10 nitrogen and oxygen atoms in total. The standard InChI is InChI=1S/C28H26N4O6S/c1-4-38-28(36)24-20-15-39-26(23(20)27(35)32(30-24)18-9-7-10-19(13-18)37-3)29-25(34)17-12-22(33)31(14-17)21-11-6-5-8-16(21)2/h5-11,13,15,17H,4,12,14H2,1-3H3,(H,29,34). The summed E-state index contributed by atoms with van der Waals surface area (Å²) in [6, 6.07) is 14.2. The number of carbonyl (C=O) groups excluding carboxylic acids is 3. The number of rotatable bonds is 7. The second-order valence-electron chi connectivity index (χ2n) is 9.02. The van der Waals surface area contributed by atoms with Crippen molar-refractivity contribution in [2.45, 2.75) is 20.3 Å². The van der Waals surface area contributed by atoms with Gasteiger partial charge in [0.15, 0.2) is 5.69 Å². The van der Waals surface area contributed by atoms with Gasteiger partial charge >= 0.3 is 5.97 Å². The van der Waals surface area contributed by atoms with Crippen molar-refractivity contribution in [3.05, 3.63) is 75.5 Å². The first-order valence-corrected chi connectivity index (χ1v) is 13.2. The Hall–Kier alpha value is -4.51. The lowest BCUT2D eigenvalue weighted by molar-refractivity contribution is -0.122. The number of aryl methyl sites for hydroxylation is 1. The van der Waals surface area contributed by atoms with Crippen molar-refractivity contribution in [3.8, 4) is 11.4 Å². The fourth-order valence-corrected chi connectivity index (χ4v) is 5.55. The minimum absolute atomic E-state index is 0.0483. The van der Waals surface area contributed by atoms with Gasteiger partial charge in [0, 0.05) is 35.5 Å². The van der Waals surface area contributed by atoms with Crippen LogP contribution in [0.1, 0.15) is 29.4 Å². The highest BCUT2D eigenvalue weighted by Crippen LogP contribution is 2.33. The number of methoxy groups -OCH3 is 1. The first-order chi connectivity index (χ1) is 18.8. The van der Waals surface area contributed by atoms with Crippen LogP contribution in [-0.2, 0) is 14.3 Å². The number of nitrogens with zero attached hydrogens (tertiary/aromatic N) is 3. The molecule has 4 aromatic rings. The summed E-state index contributed by atoms with van der Waals surface area (Å²) in [5, 5.41) is 9.43. The zero-order valence-corrected chi connectivity index (χ0v) is 22.4. The number of amides is 2. The number of nitrogens with one attached hydrogen (secondary N) is 1. The van der Waals surface area contributed by atoms with Crippen LogP contribution in [0.3, 0.4) is 0 Å². The number of esters is 1. The Morgan fingerprint density at radius 3 is 2.69 bits per heavy atom. The fourth-order valence-electron chi connectivity index (χ4n) is 4.61. The number of anilines is 2. The second-order valence-corrected chi connectivity index (χ2v) is 9.90. The summed E-state index contributed by atoms with van der Waals surface area (Å²) in [5.74, 6) is -1.33. The number of para-hydroxylation sites is 1. The quantitative estimate of drug-likeness (QED) is 0.349. The van der Waals surface area contributed by atoms with Crippen LogP contribution in [-0.4, -0.2) is 47.8 Å². The van der Waals surface area contributed by atoms with Crippen LogP contribution in [0.5, 0.6) is 5.75 Å². The van der Waals surface area contributed by atoms with Crippen molar-refractivity contribution in [1.82, 2.24) is 9.78 Å². The molecule has 0 aliphatic carbocycles. The van der Waals surface area contributed by atoms with Gasteiger partial charge in [-0.1, -0.05) is 24.3 Å². The van der Waals surface area contributed by atoms with E-state index in [9.17, 15) is 19.2 Å². The number of aromatic nitrogens is 2. The lowest BCUT2D eigenvalue weighted by atomic mass is 10.1. The topological polar surface area (TPSA) is 120 Å². The molecule has 3 heterocycles. The molecular formula is C28H26N4O6S. The molecule has 1 saturated heterocycles. The van der Waals surface area contributed by atoms with Gasteiger partial charge < -0.3 is 19.7 Å². The monoisotopic (exact) mass is 546 g/mol. The van der Waals surface area contributed by atoms with Gasteiger partial charge in [-0.3, -0.25) is 14.4 Å². The van der Waals surface area contributed by atoms with Crippen molar-refractivity contribution in [2.75, 3.05) is 30.5 Å². The van der Waals surface area contributed by atoms with Crippen molar-refractivity contribution < 1.29 is 23.9 Å². The smallest absolute Gasteiger partial charge is 0.359 e. The highest BCUT2D eigenvalue weighted by atomic mass is 32.1. The van der Waals surface area contributed by atoms with Gasteiger partial charge in [0.1, 0.15) is 10.8 Å². The molecule has 5 rings (SSSR count). The molecule has 1 unspecified atom stereocenters. The fraction of sp³-hybridized carbons (Fsp3) is 0.250. The third-order valence-electron chi connectivity index (χ3n) is 6.56. The van der Waals surface area contributed by atoms with Crippen LogP contribution >= 0.6 is 11.3 Å². The average molecular weight is 547 g/mol. The first-order valence-electron chi connectivity index (χ1n) is 12.3. The van der Waals surface area contributed by atoms with Gasteiger partial charge in [-0.2, -0.15) is 9.78 Å². The number of ether oxygens (including phenoxy) is 2. The first kappa shape index (κ1) is 26.1. The highest BCUT2D eigenvalue weighted by molar-refractivity contribution is 7.16. The maximum absolute atomic E-state index is 13.7. The van der Waals surface area contributed by atoms with Crippen LogP contribution in [0.2, 0.25) is 0 Å². The van der Waals surface area contributed by atoms with E-state index in [2.05, 4.69) is 10.4 Å². The molecular weight excluding hydrogens is 520 g/mol. The zero-order chi connectivity index (χ0) is 27.7. The van der Waals surface area contributed by atoms with E-state index in [4.69, 9.17) is 9.47 Å². The zero-order valence-electron chi connectivity index (χ0n) is 21.6. The highest BCUT2D eigenvalue weighted by Gasteiger charge is 2.36. The van der Waals surface area contributed by atoms with Gasteiger partial charge in [-0.15, -0.1) is 11.3 Å². The summed E-state index contributed by atoms with van der Waals surface area (Å²) in [5.41, 5.74) is 1.52. The van der Waals surface area contributed by atoms with Gasteiger partial charge in [0.05, 0.1) is 30.7 Å². The summed E-state index contributed by atoms with van der Waals surface area (Å²) in [6.07, 6.45) is 0.0488. The third-order valence-corrected chi connectivity index (χ3v) is 7.45. The molecule has 2 aromatic carbocycles. The molecule has 1 aliphatic rings. The molecule has 0 radical (unpaired) electrons. The van der Waals surface area contributed by atoms with Gasteiger partial charge in [-0.05, 0) is 37.6 Å². The molecule has 2 aromatic heterocycles. The van der Waals surface area contributed by atoms with Gasteiger partial charge in [-0.25, -0.2) is 4.79 Å². The summed E-state index contributed by atoms with van der Waals surface area (Å²) >= 11 is 1.11. The van der Waals surface area contributed by atoms with E-state index in [0.717, 1.165) is 27.3 Å². The molecule has 1 fully saturated rings. The van der Waals surface area contributed by atoms with E-state index in [1.54, 1.807) is 41.5 Å². The van der Waals surface area contributed by atoms with Crippen LogP contribution < -0.4 is 20.5 Å². The van der Waals surface area contributed by atoms with Crippen LogP contribution in [0.4, 0.5) is 10.7 Å². The lowest BCUT2D eigenvalue weighted by Gasteiger charge is -2.18. The Bertz CT molecular complexity index is 1660. The molecule has 11 heteroatoms. The number of carbonyl (C=O) groups is 3. The molecule has 0 spiro atoms. The summed E-state index contributed by atoms with van der Waals surface area (Å²) in [7, 11) is 1.50. The largest absolute Gasteiger partial charge is 0.497 e. The molecule has 200 valence electrons. The molecule has 1 atom stereocenters. The minimum Gasteiger partial charge on any atom is -0.497 e. The van der Waals surface area contributed by atoms with E-state index >= 15 is 0 Å². The number of benzene rings is 2. The van der Waals surface area contributed by atoms with Gasteiger partial charge in [0.25, 0.3) is 5.56 Å². The predicted octanol–water partition coefficient (Wildman–Crippen LogP) is 3.93. The Morgan fingerprint density at radius 1 is 1.15 bits per heavy atom. The van der Waals surface area contributed by atoms with Crippen molar-refractivity contribution >= 4 is 50.6 Å². The SMILES string of the molecule is CCOC(=O)c1nn(-c2cccc(OC)c2)c(=O)c2c(NC(=O)C3CC(=O)N(c4ccccc4C)C3)scc12. The number of hydrogen-bond donors (Lipinski definition) is 1. The summed E-state index contributed by atoms with van der Waals surface area (Å²) in [6.45, 7) is 3.94. The van der Waals surface area contributed by atoms with Crippen LogP contribution in [0, 0.1) is 12.8 Å². The van der Waals surface area contributed by atoms with E-state index in [1.165, 1.54) is 7.11 Å². The maximum atomic E-state index is 13.7. The molecule has 2 amide bonds. The van der Waals surface area contributed by atoms with Crippen molar-refractivity contribution in [2.24, 2.45) is 5.92 Å². The minimum atomic E-state index is -0.690. The molecule has 1 N–H and O–H groups in total. The third kappa shape index (κ3) is 4.88. The number of thiophene rings is 1. The Kier molecular flexibility index (Phi) is 7.16. The summed E-state index contributed by atoms with van der Waals surface area (Å²) in [4.78, 5) is 54.2. The molecule has 39 heavy (non-hydrogen) atoms. The lowest BCUT2D eigenvalue weighted by Crippen LogP contribution is -2.29. The normalized spacial score (nSPS) is 15.0. The number of hydrogen-bond acceptors (Lipinski definition) is 8. The van der Waals surface area contributed by atoms with Crippen LogP contribution in [0.25, 0.3) is 16.5 Å². The Morgan fingerprint density at radius 2 is 1.95 bits per heavy atom. The second kappa shape index (κ2) is 10.7. The maximum Gasteiger partial charge on any atom is 0.359 e. The molecule has 0 saturated carbocycles. The molecule has 0 bridgehead atoms. The Labute approximate surface area is 227 Å². The predicted molar refractivity (Wildman–Crippen MR) is 148 cm³/mol. The van der Waals surface area contributed by atoms with Gasteiger partial charge in [0.2, 0.25) is 11.8 Å². The molecule has 1 aliphatic heterocycles. The van der Waals surface area contributed by atoms with Crippen molar-refractivity contribution in [3.63, 3.8) is 0 Å². The van der Waals surface area contributed by atoms with Crippen molar-refractivity contribution in [1.29, 1.82) is 0 Å². The summed E-state index contributed by atoms with van der Waals surface area (Å²) < 4.78 is 11.6. The Balaban J connectivity index is 1.52. The van der Waals surface area contributed by atoms with E-state index in [0.29, 0.717) is 11.4 Å². The van der Waals surface area contributed by atoms with E-state index in [-0.39, 0.29) is 52.9 Å². The average Bonchev–Trinajstić information content (AvgIpc) is 3.53. The van der Waals surface area contributed by atoms with E-state index in [1.807, 2.05) is 31.2 Å². The van der Waals surface area contributed by atoms with Crippen LogP contribution in [0.15, 0.2) is 58.7 Å².